The molecule has 3 rings (SSSR count). The number of anilines is 1. The molecule has 3 heterocycles. The second kappa shape index (κ2) is 3.84. The molecule has 0 aliphatic carbocycles. The predicted octanol–water partition coefficient (Wildman–Crippen LogP) is 1.89. The van der Waals surface area contributed by atoms with Gasteiger partial charge >= 0.3 is 0 Å². The van der Waals surface area contributed by atoms with Gasteiger partial charge in [0.15, 0.2) is 12.1 Å². The third-order valence-corrected chi connectivity index (χ3v) is 3.12. The van der Waals surface area contributed by atoms with Gasteiger partial charge in [0.2, 0.25) is 0 Å². The first-order valence-corrected chi connectivity index (χ1v) is 5.67. The Balaban J connectivity index is 2.20. The number of fused-ring (bicyclic) bond motifs is 1. The van der Waals surface area contributed by atoms with Gasteiger partial charge in [0.25, 0.3) is 0 Å². The van der Waals surface area contributed by atoms with E-state index < -0.39 is 0 Å². The van der Waals surface area contributed by atoms with Crippen LogP contribution in [0.2, 0.25) is 0 Å². The molecule has 0 aromatic carbocycles. The summed E-state index contributed by atoms with van der Waals surface area (Å²) >= 11 is 0. The van der Waals surface area contributed by atoms with E-state index in [9.17, 15) is 9.18 Å². The summed E-state index contributed by atoms with van der Waals surface area (Å²) in [6, 6.07) is 2.94. The normalized spacial score (nSPS) is 15.7. The zero-order chi connectivity index (χ0) is 11.8. The smallest absolute Gasteiger partial charge is 0.170 e. The molecular weight excluding hydrogens is 221 g/mol. The van der Waals surface area contributed by atoms with Gasteiger partial charge in [-0.25, -0.2) is 9.37 Å². The number of aromatic nitrogens is 2. The number of carbonyl (C=O) groups excluding carboxylic acids is 1. The molecule has 1 fully saturated rings. The molecule has 1 saturated heterocycles. The van der Waals surface area contributed by atoms with Gasteiger partial charge in [0, 0.05) is 19.3 Å². The van der Waals surface area contributed by atoms with Gasteiger partial charge < -0.3 is 4.90 Å². The molecule has 2 aromatic heterocycles. The molecule has 88 valence electrons. The lowest BCUT2D eigenvalue weighted by atomic mass is 10.4. The van der Waals surface area contributed by atoms with E-state index >= 15 is 0 Å². The van der Waals surface area contributed by atoms with E-state index in [0.717, 1.165) is 32.2 Å². The zero-order valence-electron chi connectivity index (χ0n) is 9.27. The molecule has 0 N–H and O–H groups in total. The number of nitrogens with zero attached hydrogens (tertiary/aromatic N) is 3. The molecule has 0 radical (unpaired) electrons. The number of halogens is 1. The van der Waals surface area contributed by atoms with Crippen molar-refractivity contribution in [2.75, 3.05) is 18.0 Å². The van der Waals surface area contributed by atoms with Gasteiger partial charge in [-0.05, 0) is 25.0 Å². The fraction of sp³-hybridized carbons (Fsp3) is 0.333. The molecule has 1 aliphatic rings. The Bertz CT molecular complexity index is 572. The SMILES string of the molecule is O=Cc1c(N2CCCC2)nc2ccc(F)cn12. The second-order valence-electron chi connectivity index (χ2n) is 4.21. The number of rotatable bonds is 2. The minimum absolute atomic E-state index is 0.369. The molecule has 0 unspecified atom stereocenters. The van der Waals surface area contributed by atoms with Crippen molar-refractivity contribution < 1.29 is 9.18 Å². The van der Waals surface area contributed by atoms with E-state index in [-0.39, 0.29) is 5.82 Å². The summed E-state index contributed by atoms with van der Waals surface area (Å²) in [5.41, 5.74) is 1.04. The quantitative estimate of drug-likeness (QED) is 0.743. The summed E-state index contributed by atoms with van der Waals surface area (Å²) in [5.74, 6) is 0.300. The van der Waals surface area contributed by atoms with Crippen LogP contribution in [0.15, 0.2) is 18.3 Å². The molecule has 0 atom stereocenters. The highest BCUT2D eigenvalue weighted by Gasteiger charge is 2.20. The molecule has 17 heavy (non-hydrogen) atoms. The minimum atomic E-state index is -0.369. The van der Waals surface area contributed by atoms with Crippen LogP contribution in [0.5, 0.6) is 0 Å². The lowest BCUT2D eigenvalue weighted by Crippen LogP contribution is -2.19. The third-order valence-electron chi connectivity index (χ3n) is 3.12. The summed E-state index contributed by atoms with van der Waals surface area (Å²) in [7, 11) is 0. The van der Waals surface area contributed by atoms with Gasteiger partial charge in [-0.15, -0.1) is 0 Å². The average molecular weight is 233 g/mol. The summed E-state index contributed by atoms with van der Waals surface area (Å²) in [4.78, 5) is 17.6. The Morgan fingerprint density at radius 3 is 2.76 bits per heavy atom. The highest BCUT2D eigenvalue weighted by atomic mass is 19.1. The van der Waals surface area contributed by atoms with E-state index in [1.807, 2.05) is 0 Å². The van der Waals surface area contributed by atoms with Crippen molar-refractivity contribution >= 4 is 17.8 Å². The molecule has 0 bridgehead atoms. The van der Waals surface area contributed by atoms with Crippen LogP contribution in [-0.2, 0) is 0 Å². The average Bonchev–Trinajstić information content (AvgIpc) is 2.94. The number of imidazole rings is 1. The van der Waals surface area contributed by atoms with Crippen molar-refractivity contribution in [1.82, 2.24) is 9.38 Å². The van der Waals surface area contributed by atoms with Crippen LogP contribution >= 0.6 is 0 Å². The Kier molecular flexibility index (Phi) is 2.31. The largest absolute Gasteiger partial charge is 0.355 e. The van der Waals surface area contributed by atoms with E-state index in [4.69, 9.17) is 0 Å². The van der Waals surface area contributed by atoms with Gasteiger partial charge in [-0.3, -0.25) is 9.20 Å². The van der Waals surface area contributed by atoms with Crippen molar-refractivity contribution in [2.45, 2.75) is 12.8 Å². The fourth-order valence-electron chi connectivity index (χ4n) is 2.30. The topological polar surface area (TPSA) is 37.6 Å². The number of hydrogen-bond acceptors (Lipinski definition) is 3. The summed E-state index contributed by atoms with van der Waals surface area (Å²) in [6.07, 6.45) is 4.26. The van der Waals surface area contributed by atoms with Crippen LogP contribution in [0, 0.1) is 5.82 Å². The number of pyridine rings is 1. The highest BCUT2D eigenvalue weighted by Crippen LogP contribution is 2.24. The molecule has 0 saturated carbocycles. The Morgan fingerprint density at radius 1 is 1.29 bits per heavy atom. The van der Waals surface area contributed by atoms with Crippen molar-refractivity contribution in [2.24, 2.45) is 0 Å². The number of hydrogen-bond donors (Lipinski definition) is 0. The van der Waals surface area contributed by atoms with Crippen molar-refractivity contribution in [1.29, 1.82) is 0 Å². The van der Waals surface area contributed by atoms with E-state index in [0.29, 0.717) is 17.2 Å². The molecule has 0 amide bonds. The lowest BCUT2D eigenvalue weighted by molar-refractivity contribution is 0.111. The summed E-state index contributed by atoms with van der Waals surface area (Å²) in [5, 5.41) is 0. The Labute approximate surface area is 97.7 Å². The molecule has 5 heteroatoms. The van der Waals surface area contributed by atoms with Crippen molar-refractivity contribution in [3.05, 3.63) is 29.8 Å². The fourth-order valence-corrected chi connectivity index (χ4v) is 2.30. The van der Waals surface area contributed by atoms with Crippen LogP contribution < -0.4 is 4.90 Å². The molecule has 0 spiro atoms. The predicted molar refractivity (Wildman–Crippen MR) is 62.0 cm³/mol. The summed E-state index contributed by atoms with van der Waals surface area (Å²) in [6.45, 7) is 1.82. The molecule has 1 aliphatic heterocycles. The van der Waals surface area contributed by atoms with Crippen LogP contribution in [0.3, 0.4) is 0 Å². The van der Waals surface area contributed by atoms with Crippen molar-refractivity contribution in [3.8, 4) is 0 Å². The monoisotopic (exact) mass is 233 g/mol. The van der Waals surface area contributed by atoms with Crippen LogP contribution in [0.1, 0.15) is 23.3 Å². The standard InChI is InChI=1S/C12H12FN3O/c13-9-3-4-11-14-12(15-5-1-2-6-15)10(8-17)16(11)7-9/h3-4,7-8H,1-2,5-6H2. The Morgan fingerprint density at radius 2 is 2.06 bits per heavy atom. The minimum Gasteiger partial charge on any atom is -0.355 e. The van der Waals surface area contributed by atoms with Gasteiger partial charge in [-0.2, -0.15) is 0 Å². The first-order chi connectivity index (χ1) is 8.29. The van der Waals surface area contributed by atoms with Crippen molar-refractivity contribution in [3.63, 3.8) is 0 Å². The molecular formula is C12H12FN3O. The van der Waals surface area contributed by atoms with Crippen LogP contribution in [-0.4, -0.2) is 28.8 Å². The summed E-state index contributed by atoms with van der Waals surface area (Å²) < 4.78 is 14.7. The highest BCUT2D eigenvalue weighted by molar-refractivity contribution is 5.83. The Hall–Kier alpha value is -1.91. The first kappa shape index (κ1) is 10.3. The van der Waals surface area contributed by atoms with Crippen LogP contribution in [0.4, 0.5) is 10.2 Å². The van der Waals surface area contributed by atoms with E-state index in [1.165, 1.54) is 16.7 Å². The second-order valence-corrected chi connectivity index (χ2v) is 4.21. The van der Waals surface area contributed by atoms with E-state index in [1.54, 1.807) is 6.07 Å². The number of carbonyl (C=O) groups is 1. The van der Waals surface area contributed by atoms with Gasteiger partial charge in [0.1, 0.15) is 17.2 Å². The third kappa shape index (κ3) is 1.58. The molecule has 4 nitrogen and oxygen atoms in total. The maximum absolute atomic E-state index is 13.2. The van der Waals surface area contributed by atoms with Crippen LogP contribution in [0.25, 0.3) is 5.65 Å². The van der Waals surface area contributed by atoms with Gasteiger partial charge in [0.05, 0.1) is 0 Å². The first-order valence-electron chi connectivity index (χ1n) is 5.67. The maximum Gasteiger partial charge on any atom is 0.170 e. The lowest BCUT2D eigenvalue weighted by Gasteiger charge is -2.14. The zero-order valence-corrected chi connectivity index (χ0v) is 9.27. The van der Waals surface area contributed by atoms with E-state index in [2.05, 4.69) is 9.88 Å². The number of aldehydes is 1. The van der Waals surface area contributed by atoms with Gasteiger partial charge in [-0.1, -0.05) is 0 Å². The molecule has 2 aromatic rings. The maximum atomic E-state index is 13.2.